The molecule has 182 valence electrons. The summed E-state index contributed by atoms with van der Waals surface area (Å²) in [7, 11) is 3.02. The van der Waals surface area contributed by atoms with E-state index in [1.807, 2.05) is 22.8 Å². The second-order valence-corrected chi connectivity index (χ2v) is 9.43. The number of ether oxygens (including phenoxy) is 2. The number of hydrogen-bond acceptors (Lipinski definition) is 6. The molecule has 0 spiro atoms. The van der Waals surface area contributed by atoms with Crippen LogP contribution in [0.2, 0.25) is 5.02 Å². The average molecular weight is 495 g/mol. The molecule has 1 saturated heterocycles. The number of nitrogens with one attached hydrogen (secondary N) is 1. The molecule has 3 N–H and O–H groups in total. The number of carbonyl (C=O) groups excluding carboxylic acids is 1. The van der Waals surface area contributed by atoms with Crippen molar-refractivity contribution < 1.29 is 14.3 Å². The van der Waals surface area contributed by atoms with Crippen molar-refractivity contribution in [2.45, 2.75) is 18.9 Å². The van der Waals surface area contributed by atoms with Gasteiger partial charge in [-0.3, -0.25) is 9.59 Å². The minimum absolute atomic E-state index is 0.0651. The summed E-state index contributed by atoms with van der Waals surface area (Å²) in [5.74, 6) is 1.20. The number of nitrogen functional groups attached to an aromatic ring is 1. The lowest BCUT2D eigenvalue weighted by Crippen LogP contribution is -2.47. The lowest BCUT2D eigenvalue weighted by molar-refractivity contribution is 0.102. The van der Waals surface area contributed by atoms with E-state index in [9.17, 15) is 9.59 Å². The predicted octanol–water partition coefficient (Wildman–Crippen LogP) is 3.98. The number of piperidine rings is 1. The highest BCUT2D eigenvalue weighted by molar-refractivity contribution is 6.32. The van der Waals surface area contributed by atoms with Gasteiger partial charge in [-0.25, -0.2) is 0 Å². The van der Waals surface area contributed by atoms with Crippen LogP contribution in [0.5, 0.6) is 11.5 Å². The van der Waals surface area contributed by atoms with Crippen LogP contribution in [0, 0.1) is 5.92 Å². The normalized spacial score (nSPS) is 18.5. The first-order valence-electron chi connectivity index (χ1n) is 11.4. The first kappa shape index (κ1) is 23.1. The fourth-order valence-corrected chi connectivity index (χ4v) is 5.47. The molecule has 9 heteroatoms. The summed E-state index contributed by atoms with van der Waals surface area (Å²) >= 11 is 6.22. The highest BCUT2D eigenvalue weighted by Crippen LogP contribution is 2.39. The molecule has 1 fully saturated rings. The van der Waals surface area contributed by atoms with Crippen LogP contribution in [0.15, 0.2) is 53.3 Å². The number of methoxy groups -OCH3 is 2. The van der Waals surface area contributed by atoms with Crippen LogP contribution in [0.25, 0.3) is 0 Å². The molecule has 0 radical (unpaired) electrons. The summed E-state index contributed by atoms with van der Waals surface area (Å²) < 4.78 is 12.5. The third-order valence-electron chi connectivity index (χ3n) is 6.83. The molecule has 2 aliphatic rings. The SMILES string of the molecule is COc1cc(OC)c(NC(=O)c2ccc(N3CC4CC(C3)c3cccc(=O)n3C4)c(N)c2)cc1Cl. The van der Waals surface area contributed by atoms with Crippen molar-refractivity contribution in [2.24, 2.45) is 5.92 Å². The Hall–Kier alpha value is -3.65. The molecule has 2 unspecified atom stereocenters. The minimum Gasteiger partial charge on any atom is -0.495 e. The molecule has 2 aromatic carbocycles. The van der Waals surface area contributed by atoms with Gasteiger partial charge < -0.3 is 30.0 Å². The molecule has 3 aromatic rings. The van der Waals surface area contributed by atoms with Gasteiger partial charge in [0, 0.05) is 48.9 Å². The number of nitrogens with two attached hydrogens (primary N) is 1. The van der Waals surface area contributed by atoms with Gasteiger partial charge in [-0.15, -0.1) is 0 Å². The van der Waals surface area contributed by atoms with Crippen molar-refractivity contribution in [1.29, 1.82) is 0 Å². The Balaban J connectivity index is 1.36. The number of amides is 1. The number of rotatable bonds is 5. The van der Waals surface area contributed by atoms with Gasteiger partial charge in [0.15, 0.2) is 0 Å². The summed E-state index contributed by atoms with van der Waals surface area (Å²) in [6, 6.07) is 14.1. The maximum Gasteiger partial charge on any atom is 0.255 e. The molecule has 5 rings (SSSR count). The number of halogens is 1. The second-order valence-electron chi connectivity index (χ2n) is 9.02. The Labute approximate surface area is 208 Å². The molecule has 2 bridgehead atoms. The minimum atomic E-state index is -0.327. The second kappa shape index (κ2) is 9.19. The molecule has 2 aliphatic heterocycles. The molecule has 2 atom stereocenters. The Morgan fingerprint density at radius 2 is 1.86 bits per heavy atom. The highest BCUT2D eigenvalue weighted by atomic mass is 35.5. The highest BCUT2D eigenvalue weighted by Gasteiger charge is 2.35. The van der Waals surface area contributed by atoms with Crippen LogP contribution >= 0.6 is 11.6 Å². The van der Waals surface area contributed by atoms with E-state index in [-0.39, 0.29) is 17.4 Å². The summed E-state index contributed by atoms with van der Waals surface area (Å²) in [6.07, 6.45) is 1.06. The van der Waals surface area contributed by atoms with Gasteiger partial charge in [0.2, 0.25) is 0 Å². The molecular formula is C26H27ClN4O4. The van der Waals surface area contributed by atoms with E-state index < -0.39 is 0 Å². The molecule has 0 aliphatic carbocycles. The average Bonchev–Trinajstić information content (AvgIpc) is 2.84. The largest absolute Gasteiger partial charge is 0.495 e. The standard InChI is InChI=1S/C26H27ClN4O4/c1-34-23-11-24(35-2)20(10-18(23)27)29-26(33)16-6-7-22(19(28)9-16)30-12-15-8-17(14-30)21-4-3-5-25(32)31(21)13-15/h3-7,9-11,15,17H,8,12-14,28H2,1-2H3,(H,29,33). The van der Waals surface area contributed by atoms with E-state index in [2.05, 4.69) is 10.2 Å². The zero-order valence-corrected chi connectivity index (χ0v) is 20.3. The van der Waals surface area contributed by atoms with Gasteiger partial charge in [-0.1, -0.05) is 17.7 Å². The van der Waals surface area contributed by atoms with Crippen molar-refractivity contribution in [3.63, 3.8) is 0 Å². The Bertz CT molecular complexity index is 1360. The van der Waals surface area contributed by atoms with Crippen molar-refractivity contribution in [3.05, 3.63) is 75.2 Å². The number of anilines is 3. The fraction of sp³-hybridized carbons (Fsp3) is 0.308. The van der Waals surface area contributed by atoms with Crippen molar-refractivity contribution in [1.82, 2.24) is 4.57 Å². The van der Waals surface area contributed by atoms with E-state index in [4.69, 9.17) is 26.8 Å². The number of pyridine rings is 1. The summed E-state index contributed by atoms with van der Waals surface area (Å²) in [5, 5.41) is 3.20. The van der Waals surface area contributed by atoms with Crippen LogP contribution in [0.1, 0.15) is 28.4 Å². The fourth-order valence-electron chi connectivity index (χ4n) is 5.23. The van der Waals surface area contributed by atoms with Crippen LogP contribution in [-0.2, 0) is 6.54 Å². The van der Waals surface area contributed by atoms with E-state index >= 15 is 0 Å². The number of hydrogen-bond donors (Lipinski definition) is 2. The molecule has 1 aromatic heterocycles. The Morgan fingerprint density at radius 3 is 2.60 bits per heavy atom. The molecular weight excluding hydrogens is 468 g/mol. The third-order valence-corrected chi connectivity index (χ3v) is 7.13. The zero-order chi connectivity index (χ0) is 24.7. The first-order valence-corrected chi connectivity index (χ1v) is 11.8. The Kier molecular flexibility index (Phi) is 6.06. The molecule has 35 heavy (non-hydrogen) atoms. The van der Waals surface area contributed by atoms with Gasteiger partial charge in [-0.05, 0) is 42.7 Å². The maximum absolute atomic E-state index is 13.0. The number of fused-ring (bicyclic) bond motifs is 4. The van der Waals surface area contributed by atoms with Crippen LogP contribution < -0.4 is 31.0 Å². The van der Waals surface area contributed by atoms with E-state index in [0.29, 0.717) is 45.9 Å². The number of benzene rings is 2. The lowest BCUT2D eigenvalue weighted by Gasteiger charge is -2.44. The van der Waals surface area contributed by atoms with E-state index in [1.165, 1.54) is 14.2 Å². The summed E-state index contributed by atoms with van der Waals surface area (Å²) in [5.41, 5.74) is 9.87. The van der Waals surface area contributed by atoms with Crippen molar-refractivity contribution in [3.8, 4) is 11.5 Å². The van der Waals surface area contributed by atoms with Crippen LogP contribution in [0.4, 0.5) is 17.1 Å². The lowest BCUT2D eigenvalue weighted by atomic mass is 9.83. The zero-order valence-electron chi connectivity index (χ0n) is 19.6. The van der Waals surface area contributed by atoms with Crippen LogP contribution in [-0.4, -0.2) is 37.8 Å². The van der Waals surface area contributed by atoms with Gasteiger partial charge in [0.25, 0.3) is 11.5 Å². The predicted molar refractivity (Wildman–Crippen MR) is 137 cm³/mol. The monoisotopic (exact) mass is 494 g/mol. The summed E-state index contributed by atoms with van der Waals surface area (Å²) in [6.45, 7) is 2.31. The quantitative estimate of drug-likeness (QED) is 0.521. The van der Waals surface area contributed by atoms with Crippen molar-refractivity contribution in [2.75, 3.05) is 43.3 Å². The number of carbonyl (C=O) groups is 1. The van der Waals surface area contributed by atoms with Gasteiger partial charge in [-0.2, -0.15) is 0 Å². The topological polar surface area (TPSA) is 98.8 Å². The molecule has 8 nitrogen and oxygen atoms in total. The summed E-state index contributed by atoms with van der Waals surface area (Å²) in [4.78, 5) is 27.5. The molecule has 3 heterocycles. The maximum atomic E-state index is 13.0. The number of aromatic nitrogens is 1. The van der Waals surface area contributed by atoms with Crippen molar-refractivity contribution >= 4 is 34.6 Å². The molecule has 0 saturated carbocycles. The van der Waals surface area contributed by atoms with Gasteiger partial charge >= 0.3 is 0 Å². The first-order chi connectivity index (χ1) is 16.9. The van der Waals surface area contributed by atoms with Gasteiger partial charge in [0.05, 0.1) is 36.3 Å². The Morgan fingerprint density at radius 1 is 1.06 bits per heavy atom. The van der Waals surface area contributed by atoms with E-state index in [0.717, 1.165) is 30.9 Å². The number of nitrogens with zero attached hydrogens (tertiary/aromatic N) is 2. The smallest absolute Gasteiger partial charge is 0.255 e. The van der Waals surface area contributed by atoms with Gasteiger partial charge in [0.1, 0.15) is 11.5 Å². The van der Waals surface area contributed by atoms with Crippen LogP contribution in [0.3, 0.4) is 0 Å². The molecule has 1 amide bonds. The third kappa shape index (κ3) is 4.30. The van der Waals surface area contributed by atoms with E-state index in [1.54, 1.807) is 30.3 Å².